The van der Waals surface area contributed by atoms with Gasteiger partial charge in [0.05, 0.1) is 21.7 Å². The van der Waals surface area contributed by atoms with Crippen molar-refractivity contribution in [2.75, 3.05) is 6.61 Å². The van der Waals surface area contributed by atoms with Crippen LogP contribution >= 0.6 is 35.3 Å². The molecule has 2 N–H and O–H groups in total. The summed E-state index contributed by atoms with van der Waals surface area (Å²) in [5, 5.41) is 10.8. The van der Waals surface area contributed by atoms with Crippen molar-refractivity contribution in [3.8, 4) is 11.5 Å². The van der Waals surface area contributed by atoms with Crippen LogP contribution in [0.3, 0.4) is 0 Å². The van der Waals surface area contributed by atoms with Gasteiger partial charge in [0, 0.05) is 0 Å². The van der Waals surface area contributed by atoms with Crippen LogP contribution in [-0.4, -0.2) is 37.4 Å². The van der Waals surface area contributed by atoms with Crippen molar-refractivity contribution < 1.29 is 19.4 Å². The third-order valence-electron chi connectivity index (χ3n) is 4.49. The molecule has 2 amide bonds. The molecule has 3 aromatic rings. The number of aromatic nitrogens is 1. The highest BCUT2D eigenvalue weighted by Gasteiger charge is 2.33. The van der Waals surface area contributed by atoms with Crippen LogP contribution in [0.15, 0.2) is 52.2 Å². The van der Waals surface area contributed by atoms with E-state index < -0.39 is 11.8 Å². The van der Waals surface area contributed by atoms with E-state index in [0.29, 0.717) is 28.3 Å². The lowest BCUT2D eigenvalue weighted by Crippen LogP contribution is -2.46. The number of carbonyl (C=O) groups is 2. The Bertz CT molecular complexity index is 1330. The fourth-order valence-electron chi connectivity index (χ4n) is 3.07. The molecule has 32 heavy (non-hydrogen) atoms. The number of amides is 2. The molecule has 0 unspecified atom stereocenters. The average molecular weight is 488 g/mol. The van der Waals surface area contributed by atoms with E-state index in [-0.39, 0.29) is 21.5 Å². The highest BCUT2D eigenvalue weighted by molar-refractivity contribution is 8.26. The quantitative estimate of drug-likeness (QED) is 0.407. The maximum Gasteiger partial charge on any atom is 0.308 e. The number of hydrogen-bond donors (Lipinski definition) is 2. The number of thioether (sulfide) groups is 1. The van der Waals surface area contributed by atoms with Gasteiger partial charge in [-0.05, 0) is 55.0 Å². The van der Waals surface area contributed by atoms with Crippen LogP contribution in [0.2, 0.25) is 0 Å². The van der Waals surface area contributed by atoms with E-state index in [1.165, 1.54) is 10.6 Å². The van der Waals surface area contributed by atoms with E-state index in [2.05, 4.69) is 5.43 Å². The number of phenolic OH excluding ortho intramolecular Hbond substituents is 1. The Morgan fingerprint density at radius 3 is 2.81 bits per heavy atom. The third-order valence-corrected chi connectivity index (χ3v) is 6.75. The number of benzene rings is 2. The molecular weight excluding hydrogens is 470 g/mol. The molecule has 1 aromatic heterocycles. The van der Waals surface area contributed by atoms with Gasteiger partial charge in [-0.1, -0.05) is 41.3 Å². The molecule has 8 nitrogen and oxygen atoms in total. The Morgan fingerprint density at radius 1 is 1.25 bits per heavy atom. The minimum atomic E-state index is -0.545. The van der Waals surface area contributed by atoms with E-state index in [1.807, 2.05) is 12.1 Å². The Labute approximate surface area is 196 Å². The van der Waals surface area contributed by atoms with Gasteiger partial charge < -0.3 is 9.84 Å². The number of nitrogens with zero attached hydrogens (tertiary/aromatic N) is 2. The van der Waals surface area contributed by atoms with Crippen molar-refractivity contribution in [2.45, 2.75) is 13.5 Å². The predicted octanol–water partition coefficient (Wildman–Crippen LogP) is 3.10. The fraction of sp³-hybridized carbons (Fsp3) is 0.143. The normalized spacial score (nSPS) is 15.0. The number of thiocarbonyl (C=S) groups is 1. The first-order chi connectivity index (χ1) is 15.4. The van der Waals surface area contributed by atoms with Gasteiger partial charge >= 0.3 is 4.87 Å². The standard InChI is InChI=1S/C21H17N3O5S3/c1-2-29-15-9-12(7-8-14(15)25)10-17-19(27)24(21(30)32-17)22-18(26)11-23-13-5-3-4-6-16(13)31-20(23)28/h3-10,25H,2,11H2,1H3,(H,22,26)/b17-10-. The van der Waals surface area contributed by atoms with Crippen LogP contribution < -0.4 is 15.0 Å². The van der Waals surface area contributed by atoms with Crippen molar-refractivity contribution in [3.05, 3.63) is 62.6 Å². The zero-order chi connectivity index (χ0) is 22.8. The van der Waals surface area contributed by atoms with Crippen LogP contribution in [0.4, 0.5) is 0 Å². The number of aromatic hydroxyl groups is 1. The molecule has 0 bridgehead atoms. The molecule has 4 rings (SSSR count). The highest BCUT2D eigenvalue weighted by atomic mass is 32.2. The summed E-state index contributed by atoms with van der Waals surface area (Å²) in [7, 11) is 0. The number of para-hydroxylation sites is 1. The molecule has 0 aliphatic carbocycles. The van der Waals surface area contributed by atoms with Gasteiger partial charge in [0.15, 0.2) is 15.8 Å². The predicted molar refractivity (Wildman–Crippen MR) is 129 cm³/mol. The first-order valence-electron chi connectivity index (χ1n) is 9.49. The van der Waals surface area contributed by atoms with E-state index in [4.69, 9.17) is 17.0 Å². The lowest BCUT2D eigenvalue weighted by Gasteiger charge is -2.15. The Balaban J connectivity index is 1.50. The number of phenols is 1. The zero-order valence-corrected chi connectivity index (χ0v) is 19.2. The number of ether oxygens (including phenoxy) is 1. The number of rotatable bonds is 6. The number of thiazole rings is 1. The van der Waals surface area contributed by atoms with Crippen LogP contribution in [0.5, 0.6) is 11.5 Å². The van der Waals surface area contributed by atoms with Crippen LogP contribution in [0.25, 0.3) is 16.3 Å². The highest BCUT2D eigenvalue weighted by Crippen LogP contribution is 2.33. The van der Waals surface area contributed by atoms with Gasteiger partial charge in [-0.25, -0.2) is 0 Å². The third kappa shape index (κ3) is 4.40. The van der Waals surface area contributed by atoms with Gasteiger partial charge in [0.25, 0.3) is 11.8 Å². The minimum Gasteiger partial charge on any atom is -0.504 e. The maximum absolute atomic E-state index is 12.8. The summed E-state index contributed by atoms with van der Waals surface area (Å²) in [6.07, 6.45) is 1.60. The van der Waals surface area contributed by atoms with Crippen molar-refractivity contribution in [2.24, 2.45) is 0 Å². The molecule has 11 heteroatoms. The monoisotopic (exact) mass is 487 g/mol. The second-order valence-electron chi connectivity index (χ2n) is 6.63. The first kappa shape index (κ1) is 22.1. The van der Waals surface area contributed by atoms with Crippen molar-refractivity contribution >= 4 is 67.7 Å². The van der Waals surface area contributed by atoms with E-state index in [1.54, 1.807) is 37.3 Å². The Hall–Kier alpha value is -3.15. The molecule has 0 radical (unpaired) electrons. The minimum absolute atomic E-state index is 0.00000828. The first-order valence-corrected chi connectivity index (χ1v) is 11.5. The van der Waals surface area contributed by atoms with Gasteiger partial charge in [-0.15, -0.1) is 0 Å². The lowest BCUT2D eigenvalue weighted by molar-refractivity contribution is -0.133. The maximum atomic E-state index is 12.8. The molecule has 0 saturated carbocycles. The molecule has 1 saturated heterocycles. The summed E-state index contributed by atoms with van der Waals surface area (Å²) in [4.78, 5) is 37.7. The Morgan fingerprint density at radius 2 is 2.03 bits per heavy atom. The molecule has 2 aromatic carbocycles. The summed E-state index contributed by atoms with van der Waals surface area (Å²) in [6, 6.07) is 11.9. The Kier molecular flexibility index (Phi) is 6.31. The molecule has 1 aliphatic heterocycles. The van der Waals surface area contributed by atoms with Gasteiger partial charge in [0.1, 0.15) is 6.54 Å². The summed E-state index contributed by atoms with van der Waals surface area (Å²) in [5.41, 5.74) is 3.77. The summed E-state index contributed by atoms with van der Waals surface area (Å²) in [5.74, 6) is -0.725. The largest absolute Gasteiger partial charge is 0.504 e. The second kappa shape index (κ2) is 9.15. The zero-order valence-electron chi connectivity index (χ0n) is 16.7. The number of hydrogen-bond acceptors (Lipinski definition) is 8. The van der Waals surface area contributed by atoms with Crippen LogP contribution in [-0.2, 0) is 16.1 Å². The van der Waals surface area contributed by atoms with Crippen molar-refractivity contribution in [1.82, 2.24) is 15.0 Å². The summed E-state index contributed by atoms with van der Waals surface area (Å²) < 4.78 is 7.66. The fourth-order valence-corrected chi connectivity index (χ4v) is 5.14. The van der Waals surface area contributed by atoms with Crippen LogP contribution in [0, 0.1) is 0 Å². The molecule has 164 valence electrons. The number of hydrazine groups is 1. The van der Waals surface area contributed by atoms with E-state index in [9.17, 15) is 19.5 Å². The van der Waals surface area contributed by atoms with E-state index >= 15 is 0 Å². The van der Waals surface area contributed by atoms with Gasteiger partial charge in [-0.3, -0.25) is 24.4 Å². The SMILES string of the molecule is CCOc1cc(/C=C2\SC(=S)N(NC(=O)Cn3c(=O)sc4ccccc43)C2=O)ccc1O. The molecule has 1 fully saturated rings. The summed E-state index contributed by atoms with van der Waals surface area (Å²) >= 11 is 7.34. The number of carbonyl (C=O) groups excluding carboxylic acids is 2. The van der Waals surface area contributed by atoms with Crippen molar-refractivity contribution in [1.29, 1.82) is 0 Å². The van der Waals surface area contributed by atoms with Crippen molar-refractivity contribution in [3.63, 3.8) is 0 Å². The number of nitrogens with one attached hydrogen (secondary N) is 1. The summed E-state index contributed by atoms with van der Waals surface area (Å²) in [6.45, 7) is 1.94. The van der Waals surface area contributed by atoms with Gasteiger partial charge in [-0.2, -0.15) is 5.01 Å². The lowest BCUT2D eigenvalue weighted by atomic mass is 10.2. The topological polar surface area (TPSA) is 101 Å². The molecule has 0 spiro atoms. The van der Waals surface area contributed by atoms with Gasteiger partial charge in [0.2, 0.25) is 0 Å². The molecule has 2 heterocycles. The molecule has 0 atom stereocenters. The number of fused-ring (bicyclic) bond motifs is 1. The molecular formula is C21H17N3O5S3. The average Bonchev–Trinajstić information content (AvgIpc) is 3.21. The second-order valence-corrected chi connectivity index (χ2v) is 9.30. The van der Waals surface area contributed by atoms with Crippen LogP contribution in [0.1, 0.15) is 12.5 Å². The molecule has 1 aliphatic rings. The smallest absolute Gasteiger partial charge is 0.308 e. The van der Waals surface area contributed by atoms with E-state index in [0.717, 1.165) is 32.8 Å².